The van der Waals surface area contributed by atoms with Crippen LogP contribution in [0.4, 0.5) is 0 Å². The van der Waals surface area contributed by atoms with Crippen molar-refractivity contribution in [2.45, 2.75) is 19.1 Å². The summed E-state index contributed by atoms with van der Waals surface area (Å²) in [6.45, 7) is 2.66. The number of benzene rings is 1. The average Bonchev–Trinajstić information content (AvgIpc) is 2.85. The number of aryl methyl sites for hydroxylation is 1. The van der Waals surface area contributed by atoms with Gasteiger partial charge in [0.2, 0.25) is 0 Å². The third kappa shape index (κ3) is 3.60. The van der Waals surface area contributed by atoms with Crippen LogP contribution in [0.2, 0.25) is 5.02 Å². The number of hydrogen-bond acceptors (Lipinski definition) is 3. The molecular formula is C15H20ClN3O. The average molecular weight is 294 g/mol. The molecule has 5 heteroatoms. The van der Waals surface area contributed by atoms with E-state index in [2.05, 4.69) is 16.9 Å². The van der Waals surface area contributed by atoms with Crippen LogP contribution in [0.15, 0.2) is 36.7 Å². The highest BCUT2D eigenvalue weighted by molar-refractivity contribution is 6.30. The molecule has 0 bridgehead atoms. The summed E-state index contributed by atoms with van der Waals surface area (Å²) in [5.74, 6) is 0. The van der Waals surface area contributed by atoms with Gasteiger partial charge in [-0.25, -0.2) is 0 Å². The molecule has 0 aliphatic carbocycles. The van der Waals surface area contributed by atoms with E-state index >= 15 is 0 Å². The fraction of sp³-hybridized carbons (Fsp3) is 0.400. The molecule has 2 aromatic rings. The second-order valence-electron chi connectivity index (χ2n) is 5.13. The van der Waals surface area contributed by atoms with E-state index in [1.54, 1.807) is 16.8 Å². The molecular weight excluding hydrogens is 274 g/mol. The van der Waals surface area contributed by atoms with Crippen molar-refractivity contribution in [1.29, 1.82) is 0 Å². The molecule has 0 aliphatic rings. The second kappa shape index (κ2) is 6.39. The molecule has 2 unspecified atom stereocenters. The maximum absolute atomic E-state index is 10.3. The van der Waals surface area contributed by atoms with Crippen LogP contribution in [0.25, 0.3) is 0 Å². The molecule has 20 heavy (non-hydrogen) atoms. The van der Waals surface area contributed by atoms with Gasteiger partial charge in [0.1, 0.15) is 0 Å². The van der Waals surface area contributed by atoms with Crippen LogP contribution in [-0.2, 0) is 7.05 Å². The number of halogens is 1. The quantitative estimate of drug-likeness (QED) is 0.922. The molecule has 0 spiro atoms. The van der Waals surface area contributed by atoms with Crippen molar-refractivity contribution in [2.24, 2.45) is 7.05 Å². The topological polar surface area (TPSA) is 41.3 Å². The molecule has 4 nitrogen and oxygen atoms in total. The minimum absolute atomic E-state index is 0.200. The first-order valence-electron chi connectivity index (χ1n) is 6.59. The van der Waals surface area contributed by atoms with Crippen molar-refractivity contribution in [3.63, 3.8) is 0 Å². The summed E-state index contributed by atoms with van der Waals surface area (Å²) < 4.78 is 1.79. The lowest BCUT2D eigenvalue weighted by Crippen LogP contribution is -2.27. The minimum Gasteiger partial charge on any atom is -0.387 e. The zero-order chi connectivity index (χ0) is 14.7. The Morgan fingerprint density at radius 2 is 1.95 bits per heavy atom. The highest BCUT2D eigenvalue weighted by Crippen LogP contribution is 2.22. The molecule has 1 aromatic carbocycles. The van der Waals surface area contributed by atoms with E-state index in [0.29, 0.717) is 11.6 Å². The fourth-order valence-electron chi connectivity index (χ4n) is 2.13. The van der Waals surface area contributed by atoms with E-state index in [9.17, 15) is 5.11 Å². The Labute approximate surface area is 124 Å². The molecule has 0 saturated carbocycles. The SMILES string of the molecule is CC(c1cnn(C)c1)N(C)CC(O)c1ccc(Cl)cc1. The smallest absolute Gasteiger partial charge is 0.0917 e. The Balaban J connectivity index is 1.99. The summed E-state index contributed by atoms with van der Waals surface area (Å²) in [7, 11) is 3.90. The van der Waals surface area contributed by atoms with Crippen molar-refractivity contribution in [2.75, 3.05) is 13.6 Å². The van der Waals surface area contributed by atoms with Gasteiger partial charge >= 0.3 is 0 Å². The predicted octanol–water partition coefficient (Wildman–Crippen LogP) is 2.80. The summed E-state index contributed by atoms with van der Waals surface area (Å²) in [5, 5.41) is 15.1. The van der Waals surface area contributed by atoms with Crippen molar-refractivity contribution in [3.8, 4) is 0 Å². The molecule has 108 valence electrons. The van der Waals surface area contributed by atoms with Crippen LogP contribution in [0.1, 0.15) is 30.2 Å². The van der Waals surface area contributed by atoms with E-state index in [1.165, 1.54) is 0 Å². The van der Waals surface area contributed by atoms with Gasteiger partial charge in [-0.1, -0.05) is 23.7 Å². The molecule has 0 radical (unpaired) electrons. The second-order valence-corrected chi connectivity index (χ2v) is 5.57. The standard InChI is InChI=1S/C15H20ClN3O/c1-11(13-8-17-19(3)9-13)18(2)10-15(20)12-4-6-14(16)7-5-12/h4-9,11,15,20H,10H2,1-3H3. The largest absolute Gasteiger partial charge is 0.387 e. The predicted molar refractivity (Wildman–Crippen MR) is 80.7 cm³/mol. The fourth-order valence-corrected chi connectivity index (χ4v) is 2.26. The molecule has 2 atom stereocenters. The molecule has 1 N–H and O–H groups in total. The van der Waals surface area contributed by atoms with Gasteiger partial charge in [-0.05, 0) is 31.7 Å². The van der Waals surface area contributed by atoms with E-state index in [4.69, 9.17) is 11.6 Å². The van der Waals surface area contributed by atoms with Crippen LogP contribution >= 0.6 is 11.6 Å². The molecule has 0 fully saturated rings. The van der Waals surface area contributed by atoms with Gasteiger partial charge in [0.25, 0.3) is 0 Å². The first-order valence-corrected chi connectivity index (χ1v) is 6.97. The van der Waals surface area contributed by atoms with Crippen LogP contribution in [0.3, 0.4) is 0 Å². The number of hydrogen-bond donors (Lipinski definition) is 1. The zero-order valence-corrected chi connectivity index (χ0v) is 12.7. The molecule has 0 amide bonds. The van der Waals surface area contributed by atoms with Gasteiger partial charge in [-0.3, -0.25) is 9.58 Å². The number of rotatable bonds is 5. The van der Waals surface area contributed by atoms with Crippen LogP contribution < -0.4 is 0 Å². The number of likely N-dealkylation sites (N-methyl/N-ethyl adjacent to an activating group) is 1. The third-order valence-corrected chi connectivity index (χ3v) is 3.84. The number of nitrogens with zero attached hydrogens (tertiary/aromatic N) is 3. The van der Waals surface area contributed by atoms with Crippen LogP contribution in [-0.4, -0.2) is 33.4 Å². The van der Waals surface area contributed by atoms with Crippen molar-refractivity contribution in [3.05, 3.63) is 52.8 Å². The zero-order valence-electron chi connectivity index (χ0n) is 12.0. The minimum atomic E-state index is -0.531. The summed E-state index contributed by atoms with van der Waals surface area (Å²) in [4.78, 5) is 2.11. The number of aliphatic hydroxyl groups is 1. The molecule has 0 aliphatic heterocycles. The Hall–Kier alpha value is -1.36. The Morgan fingerprint density at radius 1 is 1.30 bits per heavy atom. The number of aliphatic hydroxyl groups excluding tert-OH is 1. The Morgan fingerprint density at radius 3 is 2.50 bits per heavy atom. The van der Waals surface area contributed by atoms with Gasteiger partial charge < -0.3 is 5.11 Å². The lowest BCUT2D eigenvalue weighted by atomic mass is 10.1. The highest BCUT2D eigenvalue weighted by Gasteiger charge is 2.17. The van der Waals surface area contributed by atoms with Gasteiger partial charge in [0.05, 0.1) is 12.3 Å². The Bertz CT molecular complexity index is 553. The lowest BCUT2D eigenvalue weighted by molar-refractivity contribution is 0.108. The van der Waals surface area contributed by atoms with Crippen LogP contribution in [0.5, 0.6) is 0 Å². The van der Waals surface area contributed by atoms with E-state index in [0.717, 1.165) is 11.1 Å². The van der Waals surface area contributed by atoms with E-state index in [1.807, 2.05) is 38.6 Å². The highest BCUT2D eigenvalue weighted by atomic mass is 35.5. The Kier molecular flexibility index (Phi) is 4.81. The summed E-state index contributed by atoms with van der Waals surface area (Å²) >= 11 is 5.85. The lowest BCUT2D eigenvalue weighted by Gasteiger charge is -2.26. The maximum atomic E-state index is 10.3. The molecule has 1 aromatic heterocycles. The van der Waals surface area contributed by atoms with Gasteiger partial charge in [0.15, 0.2) is 0 Å². The third-order valence-electron chi connectivity index (χ3n) is 3.58. The summed E-state index contributed by atoms with van der Waals surface area (Å²) in [5.41, 5.74) is 2.01. The molecule has 2 rings (SSSR count). The van der Waals surface area contributed by atoms with Gasteiger partial charge in [0, 0.05) is 36.4 Å². The first-order chi connectivity index (χ1) is 9.47. The summed E-state index contributed by atoms with van der Waals surface area (Å²) in [6.07, 6.45) is 3.32. The first kappa shape index (κ1) is 15.0. The molecule has 1 heterocycles. The summed E-state index contributed by atoms with van der Waals surface area (Å²) in [6, 6.07) is 7.51. The monoisotopic (exact) mass is 293 g/mol. The molecule has 0 saturated heterocycles. The van der Waals surface area contributed by atoms with Crippen molar-refractivity contribution < 1.29 is 5.11 Å². The maximum Gasteiger partial charge on any atom is 0.0917 e. The van der Waals surface area contributed by atoms with Gasteiger partial charge in [-0.15, -0.1) is 0 Å². The number of aromatic nitrogens is 2. The van der Waals surface area contributed by atoms with Gasteiger partial charge in [-0.2, -0.15) is 5.10 Å². The van der Waals surface area contributed by atoms with Crippen LogP contribution in [0, 0.1) is 0 Å². The van der Waals surface area contributed by atoms with Crippen molar-refractivity contribution >= 4 is 11.6 Å². The van der Waals surface area contributed by atoms with Crippen molar-refractivity contribution in [1.82, 2.24) is 14.7 Å². The van der Waals surface area contributed by atoms with E-state index in [-0.39, 0.29) is 6.04 Å². The normalized spacial score (nSPS) is 14.5. The van der Waals surface area contributed by atoms with E-state index < -0.39 is 6.10 Å².